The van der Waals surface area contributed by atoms with Crippen molar-refractivity contribution in [2.24, 2.45) is 0 Å². The molecule has 138 valence electrons. The molecule has 1 aromatic carbocycles. The lowest BCUT2D eigenvalue weighted by molar-refractivity contribution is -0.118. The fourth-order valence-corrected chi connectivity index (χ4v) is 3.11. The summed E-state index contributed by atoms with van der Waals surface area (Å²) in [7, 11) is 0. The zero-order chi connectivity index (χ0) is 18.4. The first-order valence-electron chi connectivity index (χ1n) is 9.02. The van der Waals surface area contributed by atoms with E-state index in [0.29, 0.717) is 17.7 Å². The van der Waals surface area contributed by atoms with Crippen molar-refractivity contribution in [1.29, 1.82) is 0 Å². The molecule has 0 aromatic heterocycles. The minimum atomic E-state index is -0.316. The third kappa shape index (κ3) is 5.38. The van der Waals surface area contributed by atoms with Crippen molar-refractivity contribution in [2.45, 2.75) is 33.2 Å². The van der Waals surface area contributed by atoms with Gasteiger partial charge in [0.2, 0.25) is 5.91 Å². The van der Waals surface area contributed by atoms with Gasteiger partial charge in [-0.15, -0.1) is 0 Å². The highest BCUT2D eigenvalue weighted by Crippen LogP contribution is 2.17. The quantitative estimate of drug-likeness (QED) is 0.804. The van der Waals surface area contributed by atoms with Gasteiger partial charge in [0.05, 0.1) is 0 Å². The molecule has 4 nitrogen and oxygen atoms in total. The highest BCUT2D eigenvalue weighted by molar-refractivity contribution is 5.97. The van der Waals surface area contributed by atoms with Gasteiger partial charge in [-0.05, 0) is 39.5 Å². The van der Waals surface area contributed by atoms with E-state index in [9.17, 15) is 9.18 Å². The first-order valence-corrected chi connectivity index (χ1v) is 9.02. The highest BCUT2D eigenvalue weighted by Gasteiger charge is 2.29. The van der Waals surface area contributed by atoms with Gasteiger partial charge in [0, 0.05) is 49.4 Å². The number of benzene rings is 1. The molecule has 0 spiro atoms. The monoisotopic (exact) mass is 347 g/mol. The van der Waals surface area contributed by atoms with Gasteiger partial charge in [0.15, 0.2) is 0 Å². The number of hydrogen-bond donors (Lipinski definition) is 1. The lowest BCUT2D eigenvalue weighted by Crippen LogP contribution is -2.58. The van der Waals surface area contributed by atoms with Gasteiger partial charge in [0.1, 0.15) is 5.82 Å². The number of rotatable bonds is 6. The molecule has 2 rings (SSSR count). The Bertz CT molecular complexity index is 619. The molecular formula is C20H30FN3O. The summed E-state index contributed by atoms with van der Waals surface area (Å²) in [5, 5.41) is 3.00. The number of hydrogen-bond acceptors (Lipinski definition) is 3. The molecule has 1 heterocycles. The molecule has 0 radical (unpaired) electrons. The average Bonchev–Trinajstić information content (AvgIpc) is 2.61. The van der Waals surface area contributed by atoms with Crippen LogP contribution >= 0.6 is 0 Å². The number of likely N-dealkylation sites (N-methyl/N-ethyl adjacent to an activating group) is 1. The Morgan fingerprint density at radius 2 is 1.88 bits per heavy atom. The van der Waals surface area contributed by atoms with Crippen LogP contribution in [-0.4, -0.2) is 60.5 Å². The maximum Gasteiger partial charge on any atom is 0.247 e. The molecule has 0 bridgehead atoms. The number of halogens is 1. The third-order valence-electron chi connectivity index (χ3n) is 4.99. The summed E-state index contributed by atoms with van der Waals surface area (Å²) >= 11 is 0. The SMILES string of the molecule is CCN1CCN(C(C)(C)CNC(=O)/C(C)=C/c2ccccc2F)CC1. The molecule has 0 atom stereocenters. The molecule has 1 saturated heterocycles. The van der Waals surface area contributed by atoms with Crippen LogP contribution in [0.2, 0.25) is 0 Å². The van der Waals surface area contributed by atoms with Crippen LogP contribution in [0.5, 0.6) is 0 Å². The van der Waals surface area contributed by atoms with E-state index in [4.69, 9.17) is 0 Å². The summed E-state index contributed by atoms with van der Waals surface area (Å²) in [4.78, 5) is 17.2. The molecular weight excluding hydrogens is 317 g/mol. The first-order chi connectivity index (χ1) is 11.8. The highest BCUT2D eigenvalue weighted by atomic mass is 19.1. The van der Waals surface area contributed by atoms with Crippen molar-refractivity contribution in [2.75, 3.05) is 39.3 Å². The Balaban J connectivity index is 1.91. The summed E-state index contributed by atoms with van der Waals surface area (Å²) in [6.07, 6.45) is 1.59. The molecule has 0 aliphatic carbocycles. The molecule has 0 unspecified atom stereocenters. The van der Waals surface area contributed by atoms with Crippen LogP contribution in [0, 0.1) is 5.82 Å². The fraction of sp³-hybridized carbons (Fsp3) is 0.550. The average molecular weight is 347 g/mol. The number of nitrogens with zero attached hydrogens (tertiary/aromatic N) is 2. The van der Waals surface area contributed by atoms with E-state index >= 15 is 0 Å². The van der Waals surface area contributed by atoms with Crippen molar-refractivity contribution < 1.29 is 9.18 Å². The molecule has 1 fully saturated rings. The minimum Gasteiger partial charge on any atom is -0.350 e. The second-order valence-corrected chi connectivity index (χ2v) is 7.27. The van der Waals surface area contributed by atoms with Gasteiger partial charge in [0.25, 0.3) is 0 Å². The van der Waals surface area contributed by atoms with Crippen LogP contribution in [0.25, 0.3) is 6.08 Å². The molecule has 25 heavy (non-hydrogen) atoms. The molecule has 0 saturated carbocycles. The predicted molar refractivity (Wildman–Crippen MR) is 101 cm³/mol. The Morgan fingerprint density at radius 1 is 1.24 bits per heavy atom. The first kappa shape index (κ1) is 19.6. The summed E-state index contributed by atoms with van der Waals surface area (Å²) < 4.78 is 13.7. The van der Waals surface area contributed by atoms with E-state index in [1.165, 1.54) is 6.07 Å². The van der Waals surface area contributed by atoms with E-state index in [1.807, 2.05) is 0 Å². The molecule has 5 heteroatoms. The van der Waals surface area contributed by atoms with E-state index in [1.54, 1.807) is 31.2 Å². The van der Waals surface area contributed by atoms with E-state index in [0.717, 1.165) is 32.7 Å². The van der Waals surface area contributed by atoms with E-state index in [-0.39, 0.29) is 17.3 Å². The van der Waals surface area contributed by atoms with Gasteiger partial charge in [-0.3, -0.25) is 9.69 Å². The summed E-state index contributed by atoms with van der Waals surface area (Å²) in [5.41, 5.74) is 0.843. The Labute approximate surface area is 150 Å². The zero-order valence-electron chi connectivity index (χ0n) is 15.8. The van der Waals surface area contributed by atoms with Gasteiger partial charge >= 0.3 is 0 Å². The van der Waals surface area contributed by atoms with Crippen LogP contribution in [0.15, 0.2) is 29.8 Å². The maximum absolute atomic E-state index is 13.7. The topological polar surface area (TPSA) is 35.6 Å². The zero-order valence-corrected chi connectivity index (χ0v) is 15.8. The van der Waals surface area contributed by atoms with Crippen molar-refractivity contribution in [3.8, 4) is 0 Å². The van der Waals surface area contributed by atoms with Crippen molar-refractivity contribution in [3.05, 3.63) is 41.2 Å². The molecule has 1 N–H and O–H groups in total. The van der Waals surface area contributed by atoms with Crippen LogP contribution in [0.3, 0.4) is 0 Å². The number of piperazine rings is 1. The van der Waals surface area contributed by atoms with E-state index < -0.39 is 0 Å². The van der Waals surface area contributed by atoms with E-state index in [2.05, 4.69) is 35.9 Å². The van der Waals surface area contributed by atoms with Crippen LogP contribution in [-0.2, 0) is 4.79 Å². The number of carbonyl (C=O) groups is 1. The molecule has 1 aliphatic rings. The van der Waals surface area contributed by atoms with Crippen molar-refractivity contribution in [3.63, 3.8) is 0 Å². The standard InChI is InChI=1S/C20H30FN3O/c1-5-23-10-12-24(13-11-23)20(3,4)15-22-19(25)16(2)14-17-8-6-7-9-18(17)21/h6-9,14H,5,10-13,15H2,1-4H3,(H,22,25)/b16-14+. The van der Waals surface area contributed by atoms with Gasteiger partial charge in [-0.2, -0.15) is 0 Å². The Kier molecular flexibility index (Phi) is 6.73. The minimum absolute atomic E-state index is 0.103. The summed E-state index contributed by atoms with van der Waals surface area (Å²) in [6, 6.07) is 6.47. The fourth-order valence-electron chi connectivity index (χ4n) is 3.11. The second kappa shape index (κ2) is 8.59. The molecule has 1 aromatic rings. The van der Waals surface area contributed by atoms with Crippen LogP contribution < -0.4 is 5.32 Å². The third-order valence-corrected chi connectivity index (χ3v) is 4.99. The Hall–Kier alpha value is -1.72. The van der Waals surface area contributed by atoms with Crippen molar-refractivity contribution in [1.82, 2.24) is 15.1 Å². The van der Waals surface area contributed by atoms with Crippen molar-refractivity contribution >= 4 is 12.0 Å². The van der Waals surface area contributed by atoms with Crippen LogP contribution in [0.4, 0.5) is 4.39 Å². The lowest BCUT2D eigenvalue weighted by Gasteiger charge is -2.44. The van der Waals surface area contributed by atoms with Gasteiger partial charge in [-0.25, -0.2) is 4.39 Å². The number of nitrogens with one attached hydrogen (secondary N) is 1. The number of amides is 1. The van der Waals surface area contributed by atoms with Crippen LogP contribution in [0.1, 0.15) is 33.3 Å². The smallest absolute Gasteiger partial charge is 0.247 e. The Morgan fingerprint density at radius 3 is 2.48 bits per heavy atom. The lowest BCUT2D eigenvalue weighted by atomic mass is 10.0. The molecule has 1 amide bonds. The maximum atomic E-state index is 13.7. The summed E-state index contributed by atoms with van der Waals surface area (Å²) in [6.45, 7) is 14.0. The largest absolute Gasteiger partial charge is 0.350 e. The molecule has 1 aliphatic heterocycles. The normalized spacial score (nSPS) is 17.6. The van der Waals surface area contributed by atoms with Gasteiger partial charge < -0.3 is 10.2 Å². The predicted octanol–water partition coefficient (Wildman–Crippen LogP) is 2.76. The second-order valence-electron chi connectivity index (χ2n) is 7.27. The summed E-state index contributed by atoms with van der Waals surface area (Å²) in [5.74, 6) is -0.465. The van der Waals surface area contributed by atoms with Gasteiger partial charge in [-0.1, -0.05) is 25.1 Å². The number of carbonyl (C=O) groups excluding carboxylic acids is 1.